The van der Waals surface area contributed by atoms with E-state index in [0.717, 1.165) is 19.4 Å². The van der Waals surface area contributed by atoms with Crippen molar-refractivity contribution >= 4 is 6.03 Å². The Kier molecular flexibility index (Phi) is 6.63. The molecule has 19 heavy (non-hydrogen) atoms. The molecule has 2 amide bonds. The predicted molar refractivity (Wildman–Crippen MR) is 78.1 cm³/mol. The second-order valence-corrected chi connectivity index (χ2v) is 6.69. The molecule has 0 radical (unpaired) electrons. The zero-order valence-corrected chi connectivity index (χ0v) is 12.7. The molecule has 1 fully saturated rings. The maximum Gasteiger partial charge on any atom is 0.317 e. The molecule has 0 aromatic carbocycles. The third-order valence-electron chi connectivity index (χ3n) is 4.09. The van der Waals surface area contributed by atoms with E-state index in [1.165, 1.54) is 25.7 Å². The molecule has 1 aliphatic rings. The van der Waals surface area contributed by atoms with Crippen LogP contribution in [0.5, 0.6) is 0 Å². The Morgan fingerprint density at radius 1 is 1.37 bits per heavy atom. The fourth-order valence-corrected chi connectivity index (χ4v) is 2.64. The summed E-state index contributed by atoms with van der Waals surface area (Å²) in [6.07, 6.45) is 7.00. The van der Waals surface area contributed by atoms with E-state index in [2.05, 4.69) is 5.32 Å². The predicted octanol–water partition coefficient (Wildman–Crippen LogP) is 2.62. The molecule has 1 aliphatic carbocycles. The normalized spacial score (nSPS) is 16.6. The summed E-state index contributed by atoms with van der Waals surface area (Å²) >= 11 is 0. The highest BCUT2D eigenvalue weighted by molar-refractivity contribution is 5.73. The minimum Gasteiger partial charge on any atom is -0.396 e. The lowest BCUT2D eigenvalue weighted by Gasteiger charge is -2.23. The first kappa shape index (κ1) is 16.3. The fourth-order valence-electron chi connectivity index (χ4n) is 2.64. The molecule has 0 unspecified atom stereocenters. The third-order valence-corrected chi connectivity index (χ3v) is 4.09. The van der Waals surface area contributed by atoms with Gasteiger partial charge in [0.05, 0.1) is 0 Å². The van der Waals surface area contributed by atoms with Crippen LogP contribution >= 0.6 is 0 Å². The molecule has 0 saturated heterocycles. The Hall–Kier alpha value is -0.770. The number of nitrogens with one attached hydrogen (secondary N) is 1. The van der Waals surface area contributed by atoms with Crippen molar-refractivity contribution in [3.63, 3.8) is 0 Å². The van der Waals surface area contributed by atoms with E-state index in [0.29, 0.717) is 12.5 Å². The first-order chi connectivity index (χ1) is 8.94. The number of carbonyl (C=O) groups is 1. The Morgan fingerprint density at radius 3 is 2.58 bits per heavy atom. The van der Waals surface area contributed by atoms with Crippen molar-refractivity contribution in [3.8, 4) is 0 Å². The maximum atomic E-state index is 11.9. The number of carbonyl (C=O) groups excluding carboxylic acids is 1. The van der Waals surface area contributed by atoms with E-state index in [1.807, 2.05) is 25.8 Å². The summed E-state index contributed by atoms with van der Waals surface area (Å²) < 4.78 is 0. The van der Waals surface area contributed by atoms with Crippen molar-refractivity contribution in [1.29, 1.82) is 0 Å². The van der Waals surface area contributed by atoms with Gasteiger partial charge in [0, 0.05) is 26.7 Å². The molecule has 1 saturated carbocycles. The first-order valence-corrected chi connectivity index (χ1v) is 7.54. The fraction of sp³-hybridized carbons (Fsp3) is 0.933. The molecule has 2 N–H and O–H groups in total. The standard InChI is InChI=1S/C15H30N2O2/c1-15(2,12-18)9-6-10-16-14(19)17(3)11-13-7-4-5-8-13/h13,18H,4-12H2,1-3H3,(H,16,19). The molecule has 0 aromatic rings. The van der Waals surface area contributed by atoms with Crippen molar-refractivity contribution in [2.75, 3.05) is 26.7 Å². The lowest BCUT2D eigenvalue weighted by molar-refractivity contribution is 0.147. The van der Waals surface area contributed by atoms with E-state index in [1.54, 1.807) is 0 Å². The number of aliphatic hydroxyl groups is 1. The van der Waals surface area contributed by atoms with Gasteiger partial charge in [-0.15, -0.1) is 0 Å². The maximum absolute atomic E-state index is 11.9. The van der Waals surface area contributed by atoms with E-state index >= 15 is 0 Å². The Morgan fingerprint density at radius 2 is 2.00 bits per heavy atom. The van der Waals surface area contributed by atoms with E-state index in [4.69, 9.17) is 5.11 Å². The Balaban J connectivity index is 2.12. The van der Waals surface area contributed by atoms with Crippen molar-refractivity contribution < 1.29 is 9.90 Å². The minimum atomic E-state index is -0.0412. The molecule has 4 nitrogen and oxygen atoms in total. The first-order valence-electron chi connectivity index (χ1n) is 7.54. The van der Waals surface area contributed by atoms with Gasteiger partial charge in [0.15, 0.2) is 0 Å². The molecule has 0 spiro atoms. The molecule has 4 heteroatoms. The number of amides is 2. The van der Waals surface area contributed by atoms with Gasteiger partial charge in [0.25, 0.3) is 0 Å². The van der Waals surface area contributed by atoms with Crippen molar-refractivity contribution in [1.82, 2.24) is 10.2 Å². The molecule has 0 atom stereocenters. The summed E-state index contributed by atoms with van der Waals surface area (Å²) in [6.45, 7) is 5.86. The van der Waals surface area contributed by atoms with Gasteiger partial charge in [-0.2, -0.15) is 0 Å². The smallest absolute Gasteiger partial charge is 0.317 e. The third kappa shape index (κ3) is 6.28. The van der Waals surface area contributed by atoms with Crippen LogP contribution in [0.2, 0.25) is 0 Å². The van der Waals surface area contributed by atoms with Gasteiger partial charge in [0.1, 0.15) is 0 Å². The van der Waals surface area contributed by atoms with Gasteiger partial charge in [0.2, 0.25) is 0 Å². The summed E-state index contributed by atoms with van der Waals surface area (Å²) in [6, 6.07) is 0.0358. The van der Waals surface area contributed by atoms with Gasteiger partial charge in [-0.05, 0) is 37.0 Å². The van der Waals surface area contributed by atoms with E-state index in [9.17, 15) is 4.79 Å². The molecule has 0 bridgehead atoms. The lowest BCUT2D eigenvalue weighted by atomic mass is 9.89. The number of aliphatic hydroxyl groups excluding tert-OH is 1. The number of rotatable bonds is 7. The highest BCUT2D eigenvalue weighted by atomic mass is 16.3. The van der Waals surface area contributed by atoms with Crippen LogP contribution in [0, 0.1) is 11.3 Å². The molecular formula is C15H30N2O2. The second-order valence-electron chi connectivity index (χ2n) is 6.69. The second kappa shape index (κ2) is 7.73. The number of nitrogens with zero attached hydrogens (tertiary/aromatic N) is 1. The van der Waals surface area contributed by atoms with Crippen LogP contribution in [0.4, 0.5) is 4.79 Å². The van der Waals surface area contributed by atoms with Crippen LogP contribution in [0.1, 0.15) is 52.4 Å². The summed E-state index contributed by atoms with van der Waals surface area (Å²) in [7, 11) is 1.88. The summed E-state index contributed by atoms with van der Waals surface area (Å²) in [5, 5.41) is 12.1. The molecule has 0 aromatic heterocycles. The lowest BCUT2D eigenvalue weighted by Crippen LogP contribution is -2.40. The van der Waals surface area contributed by atoms with Gasteiger partial charge in [-0.1, -0.05) is 26.7 Å². The van der Waals surface area contributed by atoms with Gasteiger partial charge >= 0.3 is 6.03 Å². The SMILES string of the molecule is CN(CC1CCCC1)C(=O)NCCCC(C)(C)CO. The summed E-state index contributed by atoms with van der Waals surface area (Å²) in [5.41, 5.74) is -0.0412. The van der Waals surface area contributed by atoms with Gasteiger partial charge in [-0.3, -0.25) is 0 Å². The topological polar surface area (TPSA) is 52.6 Å². The molecule has 0 aliphatic heterocycles. The summed E-state index contributed by atoms with van der Waals surface area (Å²) in [5.74, 6) is 0.698. The quantitative estimate of drug-likeness (QED) is 0.699. The van der Waals surface area contributed by atoms with Crippen molar-refractivity contribution in [2.45, 2.75) is 52.4 Å². The highest BCUT2D eigenvalue weighted by Gasteiger charge is 2.19. The minimum absolute atomic E-state index is 0.0358. The average molecular weight is 270 g/mol. The number of hydrogen-bond donors (Lipinski definition) is 2. The van der Waals surface area contributed by atoms with Crippen LogP contribution in [0.25, 0.3) is 0 Å². The summed E-state index contributed by atoms with van der Waals surface area (Å²) in [4.78, 5) is 13.7. The van der Waals surface area contributed by atoms with E-state index < -0.39 is 0 Å². The van der Waals surface area contributed by atoms with Crippen LogP contribution in [0.3, 0.4) is 0 Å². The zero-order chi connectivity index (χ0) is 14.3. The zero-order valence-electron chi connectivity index (χ0n) is 12.7. The highest BCUT2D eigenvalue weighted by Crippen LogP contribution is 2.25. The largest absolute Gasteiger partial charge is 0.396 e. The van der Waals surface area contributed by atoms with Crippen molar-refractivity contribution in [2.24, 2.45) is 11.3 Å². The number of urea groups is 1. The number of hydrogen-bond acceptors (Lipinski definition) is 2. The van der Waals surface area contributed by atoms with Gasteiger partial charge < -0.3 is 15.3 Å². The average Bonchev–Trinajstić information content (AvgIpc) is 2.87. The monoisotopic (exact) mass is 270 g/mol. The Bertz CT molecular complexity index is 273. The Labute approximate surface area is 117 Å². The van der Waals surface area contributed by atoms with Crippen LogP contribution < -0.4 is 5.32 Å². The van der Waals surface area contributed by atoms with Crippen LogP contribution in [-0.4, -0.2) is 42.8 Å². The molecule has 1 rings (SSSR count). The van der Waals surface area contributed by atoms with Crippen molar-refractivity contribution in [3.05, 3.63) is 0 Å². The molecular weight excluding hydrogens is 240 g/mol. The van der Waals surface area contributed by atoms with E-state index in [-0.39, 0.29) is 18.1 Å². The van der Waals surface area contributed by atoms with Crippen LogP contribution in [0.15, 0.2) is 0 Å². The van der Waals surface area contributed by atoms with Gasteiger partial charge in [-0.25, -0.2) is 4.79 Å². The molecule has 112 valence electrons. The van der Waals surface area contributed by atoms with Crippen LogP contribution in [-0.2, 0) is 0 Å². The molecule has 0 heterocycles.